The van der Waals surface area contributed by atoms with Gasteiger partial charge in [0.25, 0.3) is 0 Å². The Morgan fingerprint density at radius 3 is 2.64 bits per heavy atom. The number of aliphatic hydroxyl groups is 1. The molecule has 0 radical (unpaired) electrons. The van der Waals surface area contributed by atoms with Crippen LogP contribution in [0.4, 0.5) is 4.79 Å². The quantitative estimate of drug-likeness (QED) is 0.766. The van der Waals surface area contributed by atoms with Crippen molar-refractivity contribution in [2.75, 3.05) is 31.6 Å². The molecule has 1 aliphatic heterocycles. The maximum Gasteiger partial charge on any atom is 0.317 e. The lowest BCUT2D eigenvalue weighted by atomic mass is 9.93. The van der Waals surface area contributed by atoms with Gasteiger partial charge in [-0.25, -0.2) is 13.2 Å². The summed E-state index contributed by atoms with van der Waals surface area (Å²) in [5, 5.41) is 12.7. The van der Waals surface area contributed by atoms with Crippen molar-refractivity contribution in [3.63, 3.8) is 0 Å². The van der Waals surface area contributed by atoms with E-state index in [0.717, 1.165) is 12.0 Å². The SMILES string of the molecule is C[C@H](O)C[C@H](CNC(=O)N1CC[C@H](CS(C)(=O)=O)C1)c1ccccc1. The molecule has 0 spiro atoms. The molecule has 1 aromatic carbocycles. The fourth-order valence-electron chi connectivity index (χ4n) is 3.38. The highest BCUT2D eigenvalue weighted by atomic mass is 32.2. The van der Waals surface area contributed by atoms with Gasteiger partial charge in [0.1, 0.15) is 9.84 Å². The number of urea groups is 1. The highest BCUT2D eigenvalue weighted by molar-refractivity contribution is 7.90. The lowest BCUT2D eigenvalue weighted by Gasteiger charge is -2.22. The average Bonchev–Trinajstić information content (AvgIpc) is 2.98. The molecule has 25 heavy (non-hydrogen) atoms. The molecule has 7 heteroatoms. The molecule has 1 heterocycles. The summed E-state index contributed by atoms with van der Waals surface area (Å²) in [5.74, 6) is 0.188. The summed E-state index contributed by atoms with van der Waals surface area (Å²) >= 11 is 0. The fraction of sp³-hybridized carbons (Fsp3) is 0.611. The first-order chi connectivity index (χ1) is 11.7. The Bertz CT molecular complexity index is 661. The fourth-order valence-corrected chi connectivity index (χ4v) is 4.51. The molecule has 6 nitrogen and oxygen atoms in total. The van der Waals surface area contributed by atoms with Crippen LogP contribution in [0.2, 0.25) is 0 Å². The van der Waals surface area contributed by atoms with Gasteiger partial charge in [0.2, 0.25) is 0 Å². The normalized spacial score (nSPS) is 20.3. The number of aliphatic hydroxyl groups excluding tert-OH is 1. The molecule has 1 fully saturated rings. The van der Waals surface area contributed by atoms with Crippen LogP contribution in [0.3, 0.4) is 0 Å². The number of sulfone groups is 1. The summed E-state index contributed by atoms with van der Waals surface area (Å²) in [4.78, 5) is 14.1. The van der Waals surface area contributed by atoms with Crippen LogP contribution in [-0.4, -0.2) is 62.2 Å². The molecule has 2 N–H and O–H groups in total. The van der Waals surface area contributed by atoms with Crippen LogP contribution in [0.1, 0.15) is 31.2 Å². The molecular formula is C18H28N2O4S. The number of hydrogen-bond donors (Lipinski definition) is 2. The Labute approximate surface area is 150 Å². The zero-order chi connectivity index (χ0) is 18.4. The van der Waals surface area contributed by atoms with Crippen LogP contribution < -0.4 is 5.32 Å². The van der Waals surface area contributed by atoms with Gasteiger partial charge < -0.3 is 15.3 Å². The zero-order valence-corrected chi connectivity index (χ0v) is 15.7. The van der Waals surface area contributed by atoms with Gasteiger partial charge >= 0.3 is 6.03 Å². The molecule has 0 saturated carbocycles. The van der Waals surface area contributed by atoms with E-state index in [-0.39, 0.29) is 23.6 Å². The highest BCUT2D eigenvalue weighted by Crippen LogP contribution is 2.21. The standard InChI is InChI=1S/C18H28N2O4S/c1-14(21)10-17(16-6-4-3-5-7-16)11-19-18(22)20-9-8-15(12-20)13-25(2,23)24/h3-7,14-15,17,21H,8-13H2,1-2H3,(H,19,22)/t14-,15-,17+/m0/s1. The summed E-state index contributed by atoms with van der Waals surface area (Å²) < 4.78 is 22.8. The first-order valence-corrected chi connectivity index (χ1v) is 10.7. The number of hydrogen-bond acceptors (Lipinski definition) is 4. The molecule has 2 rings (SSSR count). The Morgan fingerprint density at radius 1 is 1.36 bits per heavy atom. The lowest BCUT2D eigenvalue weighted by Crippen LogP contribution is -2.40. The molecule has 2 amide bonds. The Balaban J connectivity index is 1.89. The summed E-state index contributed by atoms with van der Waals surface area (Å²) in [6.07, 6.45) is 2.07. The Hall–Kier alpha value is -1.60. The first kappa shape index (κ1) is 19.7. The molecule has 3 atom stereocenters. The summed E-state index contributed by atoms with van der Waals surface area (Å²) in [6, 6.07) is 9.66. The third-order valence-corrected chi connectivity index (χ3v) is 5.58. The number of carbonyl (C=O) groups excluding carboxylic acids is 1. The number of amides is 2. The molecule has 140 valence electrons. The monoisotopic (exact) mass is 368 g/mol. The van der Waals surface area contributed by atoms with Gasteiger partial charge in [-0.1, -0.05) is 30.3 Å². The maximum atomic E-state index is 12.4. The maximum absolute atomic E-state index is 12.4. The van der Waals surface area contributed by atoms with E-state index in [1.54, 1.807) is 11.8 Å². The van der Waals surface area contributed by atoms with E-state index >= 15 is 0 Å². The molecule has 0 bridgehead atoms. The van der Waals surface area contributed by atoms with Gasteiger partial charge in [-0.15, -0.1) is 0 Å². The molecule has 0 unspecified atom stereocenters. The number of benzene rings is 1. The summed E-state index contributed by atoms with van der Waals surface area (Å²) in [5.41, 5.74) is 1.08. The van der Waals surface area contributed by atoms with Crippen molar-refractivity contribution in [2.24, 2.45) is 5.92 Å². The number of rotatable bonds is 7. The van der Waals surface area contributed by atoms with Crippen molar-refractivity contribution in [1.29, 1.82) is 0 Å². The number of nitrogens with one attached hydrogen (secondary N) is 1. The smallest absolute Gasteiger partial charge is 0.317 e. The van der Waals surface area contributed by atoms with Crippen LogP contribution in [-0.2, 0) is 9.84 Å². The van der Waals surface area contributed by atoms with Crippen molar-refractivity contribution in [2.45, 2.75) is 31.8 Å². The zero-order valence-electron chi connectivity index (χ0n) is 14.9. The van der Waals surface area contributed by atoms with E-state index in [9.17, 15) is 18.3 Å². The summed E-state index contributed by atoms with van der Waals surface area (Å²) in [6.45, 7) is 3.25. The Morgan fingerprint density at radius 2 is 2.04 bits per heavy atom. The van der Waals surface area contributed by atoms with E-state index in [4.69, 9.17) is 0 Å². The van der Waals surface area contributed by atoms with Gasteiger partial charge in [-0.3, -0.25) is 0 Å². The summed E-state index contributed by atoms with van der Waals surface area (Å²) in [7, 11) is -3.02. The number of carbonyl (C=O) groups is 1. The second-order valence-corrected chi connectivity index (χ2v) is 9.26. The molecule has 0 aliphatic carbocycles. The third-order valence-electron chi connectivity index (χ3n) is 4.51. The topological polar surface area (TPSA) is 86.7 Å². The van der Waals surface area contributed by atoms with Gasteiger partial charge in [-0.05, 0) is 31.2 Å². The van der Waals surface area contributed by atoms with E-state index in [1.807, 2.05) is 30.3 Å². The molecule has 1 aromatic rings. The van der Waals surface area contributed by atoms with E-state index in [0.29, 0.717) is 26.1 Å². The predicted molar refractivity (Wildman–Crippen MR) is 98.3 cm³/mol. The molecule has 0 aromatic heterocycles. The van der Waals surface area contributed by atoms with Crippen LogP contribution in [0.25, 0.3) is 0 Å². The average molecular weight is 368 g/mol. The predicted octanol–water partition coefficient (Wildman–Crippen LogP) is 1.62. The van der Waals surface area contributed by atoms with Gasteiger partial charge in [0.15, 0.2) is 0 Å². The lowest BCUT2D eigenvalue weighted by molar-refractivity contribution is 0.171. The minimum Gasteiger partial charge on any atom is -0.393 e. The van der Waals surface area contributed by atoms with Crippen molar-refractivity contribution in [3.8, 4) is 0 Å². The molecular weight excluding hydrogens is 340 g/mol. The van der Waals surface area contributed by atoms with Crippen molar-refractivity contribution < 1.29 is 18.3 Å². The van der Waals surface area contributed by atoms with Crippen LogP contribution >= 0.6 is 0 Å². The van der Waals surface area contributed by atoms with E-state index < -0.39 is 15.9 Å². The highest BCUT2D eigenvalue weighted by Gasteiger charge is 2.28. The third kappa shape index (κ3) is 6.66. The molecule has 1 aliphatic rings. The van der Waals surface area contributed by atoms with Crippen molar-refractivity contribution in [3.05, 3.63) is 35.9 Å². The minimum atomic E-state index is -3.02. The minimum absolute atomic E-state index is 0.0168. The van der Waals surface area contributed by atoms with Crippen LogP contribution in [0.5, 0.6) is 0 Å². The Kier molecular flexibility index (Phi) is 6.84. The second kappa shape index (κ2) is 8.67. The van der Waals surface area contributed by atoms with Crippen molar-refractivity contribution in [1.82, 2.24) is 10.2 Å². The van der Waals surface area contributed by atoms with Crippen molar-refractivity contribution >= 4 is 15.9 Å². The van der Waals surface area contributed by atoms with Gasteiger partial charge in [0, 0.05) is 31.8 Å². The van der Waals surface area contributed by atoms with Crippen LogP contribution in [0.15, 0.2) is 30.3 Å². The number of nitrogens with zero attached hydrogens (tertiary/aromatic N) is 1. The largest absolute Gasteiger partial charge is 0.393 e. The van der Waals surface area contributed by atoms with E-state index in [1.165, 1.54) is 6.26 Å². The first-order valence-electron chi connectivity index (χ1n) is 8.68. The van der Waals surface area contributed by atoms with Gasteiger partial charge in [-0.2, -0.15) is 0 Å². The number of likely N-dealkylation sites (tertiary alicyclic amines) is 1. The second-order valence-electron chi connectivity index (χ2n) is 7.07. The van der Waals surface area contributed by atoms with Crippen LogP contribution in [0, 0.1) is 5.92 Å². The molecule has 1 saturated heterocycles. The van der Waals surface area contributed by atoms with Gasteiger partial charge in [0.05, 0.1) is 11.9 Å². The van der Waals surface area contributed by atoms with E-state index in [2.05, 4.69) is 5.32 Å².